The van der Waals surface area contributed by atoms with Crippen molar-refractivity contribution in [1.82, 2.24) is 4.90 Å². The molecule has 1 N–H and O–H groups in total. The van der Waals surface area contributed by atoms with Gasteiger partial charge in [0, 0.05) is 31.0 Å². The number of carbonyl (C=O) groups excluding carboxylic acids is 1. The van der Waals surface area contributed by atoms with Crippen molar-refractivity contribution in [3.63, 3.8) is 0 Å². The molecule has 1 aromatic rings. The van der Waals surface area contributed by atoms with Crippen molar-refractivity contribution in [2.24, 2.45) is 0 Å². The van der Waals surface area contributed by atoms with E-state index in [1.807, 2.05) is 19.9 Å². The van der Waals surface area contributed by atoms with Gasteiger partial charge in [-0.25, -0.2) is 0 Å². The Kier molecular flexibility index (Phi) is 6.25. The van der Waals surface area contributed by atoms with Crippen LogP contribution >= 0.6 is 0 Å². The highest BCUT2D eigenvalue weighted by molar-refractivity contribution is 5.97. The van der Waals surface area contributed by atoms with Crippen molar-refractivity contribution in [3.8, 4) is 17.6 Å². The minimum absolute atomic E-state index is 0.0380. The molecular weight excluding hydrogens is 322 g/mol. The molecule has 0 saturated carbocycles. The van der Waals surface area contributed by atoms with Gasteiger partial charge in [0.05, 0.1) is 26.4 Å². The Hall–Kier alpha value is -2.72. The van der Waals surface area contributed by atoms with E-state index in [4.69, 9.17) is 14.2 Å². The summed E-state index contributed by atoms with van der Waals surface area (Å²) >= 11 is 0. The molecule has 7 nitrogen and oxygen atoms in total. The normalized spacial score (nSPS) is 20.6. The summed E-state index contributed by atoms with van der Waals surface area (Å²) in [5.41, 5.74) is 0.720. The number of carbonyl (C=O) groups is 1. The van der Waals surface area contributed by atoms with Crippen LogP contribution in [0.3, 0.4) is 0 Å². The van der Waals surface area contributed by atoms with Crippen LogP contribution in [0.4, 0.5) is 5.69 Å². The number of nitrogens with one attached hydrogen (secondary N) is 1. The van der Waals surface area contributed by atoms with Gasteiger partial charge in [-0.15, -0.1) is 0 Å². The van der Waals surface area contributed by atoms with E-state index in [1.54, 1.807) is 37.3 Å². The number of rotatable bonds is 5. The molecule has 2 rings (SSSR count). The summed E-state index contributed by atoms with van der Waals surface area (Å²) in [4.78, 5) is 14.2. The molecule has 1 aromatic carbocycles. The number of benzene rings is 1. The second kappa shape index (κ2) is 8.40. The first kappa shape index (κ1) is 18.6. The fourth-order valence-electron chi connectivity index (χ4n) is 2.74. The van der Waals surface area contributed by atoms with Gasteiger partial charge in [-0.2, -0.15) is 5.26 Å². The maximum Gasteiger partial charge on any atom is 0.266 e. The SMILES string of the molecule is COc1ccc(N/C=C(/C#N)C(=O)N2CC(C)OC(C)C2)cc1OC. The van der Waals surface area contributed by atoms with Crippen LogP contribution in [0.1, 0.15) is 13.8 Å². The zero-order valence-electron chi connectivity index (χ0n) is 14.9. The lowest BCUT2D eigenvalue weighted by Gasteiger charge is -2.35. The predicted molar refractivity (Wildman–Crippen MR) is 93.5 cm³/mol. The smallest absolute Gasteiger partial charge is 0.266 e. The summed E-state index contributed by atoms with van der Waals surface area (Å²) in [7, 11) is 3.10. The van der Waals surface area contributed by atoms with Crippen LogP contribution in [0.15, 0.2) is 30.0 Å². The van der Waals surface area contributed by atoms with Gasteiger partial charge in [0.15, 0.2) is 11.5 Å². The Morgan fingerprint density at radius 3 is 2.48 bits per heavy atom. The number of nitriles is 1. The van der Waals surface area contributed by atoms with Crippen molar-refractivity contribution in [2.45, 2.75) is 26.1 Å². The fraction of sp³-hybridized carbons (Fsp3) is 0.444. The van der Waals surface area contributed by atoms with Gasteiger partial charge in [0.1, 0.15) is 11.6 Å². The quantitative estimate of drug-likeness (QED) is 0.650. The average Bonchev–Trinajstić information content (AvgIpc) is 2.60. The molecule has 0 spiro atoms. The molecule has 1 amide bonds. The summed E-state index contributed by atoms with van der Waals surface area (Å²) in [6.07, 6.45) is 1.31. The zero-order chi connectivity index (χ0) is 18.4. The van der Waals surface area contributed by atoms with E-state index in [0.717, 1.165) is 0 Å². The molecule has 1 aliphatic rings. The van der Waals surface area contributed by atoms with Gasteiger partial charge in [0.2, 0.25) is 0 Å². The van der Waals surface area contributed by atoms with Gasteiger partial charge in [-0.05, 0) is 26.0 Å². The van der Waals surface area contributed by atoms with Gasteiger partial charge < -0.3 is 24.4 Å². The minimum atomic E-state index is -0.308. The van der Waals surface area contributed by atoms with E-state index >= 15 is 0 Å². The molecule has 134 valence electrons. The van der Waals surface area contributed by atoms with Crippen molar-refractivity contribution in [3.05, 3.63) is 30.0 Å². The highest BCUT2D eigenvalue weighted by atomic mass is 16.5. The summed E-state index contributed by atoms with van der Waals surface area (Å²) < 4.78 is 16.0. The van der Waals surface area contributed by atoms with Crippen LogP contribution in [0.5, 0.6) is 11.5 Å². The lowest BCUT2D eigenvalue weighted by atomic mass is 10.2. The maximum atomic E-state index is 12.6. The molecule has 0 radical (unpaired) electrons. The fourth-order valence-corrected chi connectivity index (χ4v) is 2.74. The highest BCUT2D eigenvalue weighted by Gasteiger charge is 2.27. The van der Waals surface area contributed by atoms with Crippen LogP contribution < -0.4 is 14.8 Å². The van der Waals surface area contributed by atoms with Crippen molar-refractivity contribution < 1.29 is 19.0 Å². The van der Waals surface area contributed by atoms with Crippen LogP contribution in [0.25, 0.3) is 0 Å². The van der Waals surface area contributed by atoms with E-state index in [2.05, 4.69) is 5.32 Å². The molecule has 1 saturated heterocycles. The van der Waals surface area contributed by atoms with E-state index < -0.39 is 0 Å². The zero-order valence-corrected chi connectivity index (χ0v) is 14.9. The topological polar surface area (TPSA) is 83.8 Å². The molecular formula is C18H23N3O4. The van der Waals surface area contributed by atoms with Gasteiger partial charge >= 0.3 is 0 Å². The van der Waals surface area contributed by atoms with E-state index in [1.165, 1.54) is 6.20 Å². The summed E-state index contributed by atoms with van der Waals surface area (Å²) in [5.74, 6) is 0.851. The van der Waals surface area contributed by atoms with Crippen LogP contribution in [0.2, 0.25) is 0 Å². The largest absolute Gasteiger partial charge is 0.493 e. The monoisotopic (exact) mass is 345 g/mol. The maximum absolute atomic E-state index is 12.6. The lowest BCUT2D eigenvalue weighted by molar-refractivity contribution is -0.138. The molecule has 1 fully saturated rings. The minimum Gasteiger partial charge on any atom is -0.493 e. The Morgan fingerprint density at radius 1 is 1.28 bits per heavy atom. The Balaban J connectivity index is 2.12. The third-order valence-electron chi connectivity index (χ3n) is 3.82. The molecule has 0 aliphatic carbocycles. The number of hydrogen-bond acceptors (Lipinski definition) is 6. The second-order valence-electron chi connectivity index (χ2n) is 5.85. The molecule has 7 heteroatoms. The Labute approximate surface area is 147 Å². The molecule has 2 unspecified atom stereocenters. The predicted octanol–water partition coefficient (Wildman–Crippen LogP) is 2.16. The summed E-state index contributed by atoms with van der Waals surface area (Å²) in [6.45, 7) is 4.76. The summed E-state index contributed by atoms with van der Waals surface area (Å²) in [6, 6.07) is 7.21. The number of nitrogens with zero attached hydrogens (tertiary/aromatic N) is 2. The average molecular weight is 345 g/mol. The number of morpholine rings is 1. The van der Waals surface area contributed by atoms with Crippen LogP contribution in [0, 0.1) is 11.3 Å². The number of ether oxygens (including phenoxy) is 3. The van der Waals surface area contributed by atoms with Gasteiger partial charge in [-0.1, -0.05) is 0 Å². The first-order chi connectivity index (χ1) is 12.0. The number of anilines is 1. The molecule has 0 bridgehead atoms. The summed E-state index contributed by atoms with van der Waals surface area (Å²) in [5, 5.41) is 12.3. The van der Waals surface area contributed by atoms with Crippen LogP contribution in [-0.2, 0) is 9.53 Å². The van der Waals surface area contributed by atoms with Crippen molar-refractivity contribution in [2.75, 3.05) is 32.6 Å². The molecule has 0 aromatic heterocycles. The van der Waals surface area contributed by atoms with E-state index in [-0.39, 0.29) is 23.7 Å². The van der Waals surface area contributed by atoms with E-state index in [0.29, 0.717) is 30.3 Å². The Morgan fingerprint density at radius 2 is 1.92 bits per heavy atom. The first-order valence-electron chi connectivity index (χ1n) is 8.02. The van der Waals surface area contributed by atoms with Crippen LogP contribution in [-0.4, -0.2) is 50.3 Å². The van der Waals surface area contributed by atoms with Crippen molar-refractivity contribution >= 4 is 11.6 Å². The number of amides is 1. The number of methoxy groups -OCH3 is 2. The third kappa shape index (κ3) is 4.64. The van der Waals surface area contributed by atoms with Crippen molar-refractivity contribution in [1.29, 1.82) is 5.26 Å². The Bertz CT molecular complexity index is 686. The highest BCUT2D eigenvalue weighted by Crippen LogP contribution is 2.29. The molecule has 25 heavy (non-hydrogen) atoms. The first-order valence-corrected chi connectivity index (χ1v) is 8.02. The lowest BCUT2D eigenvalue weighted by Crippen LogP contribution is -2.48. The molecule has 1 heterocycles. The second-order valence-corrected chi connectivity index (χ2v) is 5.85. The van der Waals surface area contributed by atoms with Gasteiger partial charge in [0.25, 0.3) is 5.91 Å². The molecule has 1 aliphatic heterocycles. The standard InChI is InChI=1S/C18H23N3O4/c1-12-10-21(11-13(2)25-12)18(22)14(8-19)9-20-15-5-6-16(23-3)17(7-15)24-4/h5-7,9,12-13,20H,10-11H2,1-4H3/b14-9-. The molecule has 2 atom stereocenters. The van der Waals surface area contributed by atoms with Gasteiger partial charge in [-0.3, -0.25) is 4.79 Å². The van der Waals surface area contributed by atoms with E-state index in [9.17, 15) is 10.1 Å². The third-order valence-corrected chi connectivity index (χ3v) is 3.82. The number of hydrogen-bond donors (Lipinski definition) is 1.